The number of hydrogen-bond acceptors (Lipinski definition) is 9. The average Bonchev–Trinajstić information content (AvgIpc) is 3.08. The minimum atomic E-state index is -0.681. The van der Waals surface area contributed by atoms with Crippen molar-refractivity contribution < 1.29 is 14.8 Å². The number of hydrogen-bond donors (Lipinski definition) is 3. The van der Waals surface area contributed by atoms with E-state index in [2.05, 4.69) is 20.3 Å². The molecular formula is C16H10N6O4S. The number of nitrogens with zero attached hydrogens (tertiary/aromatic N) is 4. The number of anilines is 2. The number of fused-ring (bicyclic) bond motifs is 3. The predicted molar refractivity (Wildman–Crippen MR) is 99.3 cm³/mol. The van der Waals surface area contributed by atoms with Crippen molar-refractivity contribution in [1.29, 1.82) is 0 Å². The topological polar surface area (TPSA) is 157 Å². The first-order valence-electron chi connectivity index (χ1n) is 7.52. The summed E-state index contributed by atoms with van der Waals surface area (Å²) in [6.45, 7) is 0. The van der Waals surface area contributed by atoms with E-state index in [9.17, 15) is 20.0 Å². The number of amides is 1. The van der Waals surface area contributed by atoms with E-state index in [-0.39, 0.29) is 5.01 Å². The predicted octanol–water partition coefficient (Wildman–Crippen LogP) is 2.70. The standard InChI is InChI=1S/C16H10N6O4S/c17-14(24)16-21-9-3-2-8-12(13(9)27-16)15(19-6-18-8)20-7-1-4-11(23)10(5-7)22(25)26/h1-6,23H,(H2,17,24)(H,18,19,20). The zero-order chi connectivity index (χ0) is 19.1. The monoisotopic (exact) mass is 382 g/mol. The third kappa shape index (κ3) is 2.85. The Morgan fingerprint density at radius 3 is 2.74 bits per heavy atom. The van der Waals surface area contributed by atoms with Crippen LogP contribution in [0.15, 0.2) is 36.7 Å². The van der Waals surface area contributed by atoms with Gasteiger partial charge in [0.05, 0.1) is 26.0 Å². The van der Waals surface area contributed by atoms with Gasteiger partial charge >= 0.3 is 5.69 Å². The maximum Gasteiger partial charge on any atom is 0.312 e. The molecule has 0 spiro atoms. The highest BCUT2D eigenvalue weighted by Gasteiger charge is 2.17. The Morgan fingerprint density at radius 2 is 2.00 bits per heavy atom. The van der Waals surface area contributed by atoms with Crippen LogP contribution >= 0.6 is 11.3 Å². The van der Waals surface area contributed by atoms with Crippen molar-refractivity contribution in [3.8, 4) is 5.75 Å². The molecular weight excluding hydrogens is 372 g/mol. The van der Waals surface area contributed by atoms with E-state index in [1.165, 1.54) is 24.5 Å². The summed E-state index contributed by atoms with van der Waals surface area (Å²) in [5, 5.41) is 24.4. The molecule has 0 saturated carbocycles. The summed E-state index contributed by atoms with van der Waals surface area (Å²) in [6.07, 6.45) is 1.35. The smallest absolute Gasteiger partial charge is 0.312 e. The quantitative estimate of drug-likeness (QED) is 0.276. The van der Waals surface area contributed by atoms with Crippen molar-refractivity contribution in [2.75, 3.05) is 5.32 Å². The van der Waals surface area contributed by atoms with E-state index in [1.807, 2.05) is 0 Å². The van der Waals surface area contributed by atoms with Crippen LogP contribution in [0.25, 0.3) is 21.1 Å². The van der Waals surface area contributed by atoms with Crippen molar-refractivity contribution in [2.24, 2.45) is 5.73 Å². The Morgan fingerprint density at radius 1 is 1.22 bits per heavy atom. The summed E-state index contributed by atoms with van der Waals surface area (Å²) in [5.74, 6) is -0.691. The number of aromatic nitrogens is 3. The van der Waals surface area contributed by atoms with E-state index in [0.717, 1.165) is 11.3 Å². The fourth-order valence-electron chi connectivity index (χ4n) is 2.62. The highest BCUT2D eigenvalue weighted by Crippen LogP contribution is 2.35. The van der Waals surface area contributed by atoms with Gasteiger partial charge in [0.2, 0.25) is 0 Å². The Hall–Kier alpha value is -3.86. The first-order chi connectivity index (χ1) is 12.9. The lowest BCUT2D eigenvalue weighted by atomic mass is 10.2. The number of phenols is 1. The Bertz CT molecular complexity index is 1240. The van der Waals surface area contributed by atoms with Crippen LogP contribution in [0.4, 0.5) is 17.2 Å². The SMILES string of the molecule is NC(=O)c1nc2ccc3ncnc(Nc4ccc(O)c([N+](=O)[O-])c4)c3c2s1. The van der Waals surface area contributed by atoms with Crippen LogP contribution in [-0.4, -0.2) is 30.9 Å². The van der Waals surface area contributed by atoms with Gasteiger partial charge in [0.25, 0.3) is 5.91 Å². The van der Waals surface area contributed by atoms with Crippen LogP contribution in [0.3, 0.4) is 0 Å². The van der Waals surface area contributed by atoms with Crippen molar-refractivity contribution in [2.45, 2.75) is 0 Å². The summed E-state index contributed by atoms with van der Waals surface area (Å²) in [5.41, 5.74) is 6.41. The molecule has 0 fully saturated rings. The van der Waals surface area contributed by atoms with Crippen LogP contribution in [0.1, 0.15) is 9.80 Å². The number of nitro benzene ring substituents is 1. The third-order valence-corrected chi connectivity index (χ3v) is 4.90. The molecule has 2 heterocycles. The number of aromatic hydroxyl groups is 1. The Balaban J connectivity index is 1.89. The number of benzene rings is 2. The van der Waals surface area contributed by atoms with Gasteiger partial charge < -0.3 is 16.2 Å². The van der Waals surface area contributed by atoms with Crippen molar-refractivity contribution in [1.82, 2.24) is 15.0 Å². The fraction of sp³-hybridized carbons (Fsp3) is 0. The number of primary amides is 1. The van der Waals surface area contributed by atoms with Gasteiger partial charge in [-0.2, -0.15) is 0 Å². The maximum absolute atomic E-state index is 11.5. The molecule has 4 N–H and O–H groups in total. The summed E-state index contributed by atoms with van der Waals surface area (Å²) in [4.78, 5) is 34.4. The molecule has 0 radical (unpaired) electrons. The molecule has 0 bridgehead atoms. The number of nitro groups is 1. The number of carbonyl (C=O) groups excluding carboxylic acids is 1. The third-order valence-electron chi connectivity index (χ3n) is 3.80. The normalized spacial score (nSPS) is 11.0. The number of rotatable bonds is 4. The van der Waals surface area contributed by atoms with Crippen LogP contribution in [0, 0.1) is 10.1 Å². The lowest BCUT2D eigenvalue weighted by Crippen LogP contribution is -2.09. The van der Waals surface area contributed by atoms with Crippen LogP contribution in [0.5, 0.6) is 5.75 Å². The molecule has 2 aromatic heterocycles. The van der Waals surface area contributed by atoms with Crippen molar-refractivity contribution >= 4 is 55.6 Å². The average molecular weight is 382 g/mol. The molecule has 0 aliphatic heterocycles. The molecule has 4 rings (SSSR count). The molecule has 10 nitrogen and oxygen atoms in total. The Labute approximate surface area is 154 Å². The minimum absolute atomic E-state index is 0.160. The summed E-state index contributed by atoms with van der Waals surface area (Å²) < 4.78 is 0.665. The molecule has 11 heteroatoms. The molecule has 0 atom stereocenters. The highest BCUT2D eigenvalue weighted by atomic mass is 32.1. The lowest BCUT2D eigenvalue weighted by Gasteiger charge is -2.09. The number of phenolic OH excluding ortho intramolecular Hbond substituents is 1. The van der Waals surface area contributed by atoms with Gasteiger partial charge in [-0.15, -0.1) is 11.3 Å². The lowest BCUT2D eigenvalue weighted by molar-refractivity contribution is -0.385. The Kier molecular flexibility index (Phi) is 3.78. The van der Waals surface area contributed by atoms with Gasteiger partial charge in [0.15, 0.2) is 10.8 Å². The first-order valence-corrected chi connectivity index (χ1v) is 8.34. The molecule has 134 valence electrons. The summed E-state index contributed by atoms with van der Waals surface area (Å²) >= 11 is 1.12. The van der Waals surface area contributed by atoms with Gasteiger partial charge in [-0.3, -0.25) is 14.9 Å². The largest absolute Gasteiger partial charge is 0.502 e. The molecule has 0 aliphatic rings. The van der Waals surface area contributed by atoms with E-state index < -0.39 is 22.3 Å². The van der Waals surface area contributed by atoms with E-state index in [1.54, 1.807) is 12.1 Å². The van der Waals surface area contributed by atoms with Gasteiger partial charge in [0.1, 0.15) is 12.1 Å². The summed E-state index contributed by atoms with van der Waals surface area (Å²) in [7, 11) is 0. The van der Waals surface area contributed by atoms with Crippen LogP contribution < -0.4 is 11.1 Å². The van der Waals surface area contributed by atoms with Crippen molar-refractivity contribution in [3.05, 3.63) is 51.8 Å². The molecule has 0 unspecified atom stereocenters. The summed E-state index contributed by atoms with van der Waals surface area (Å²) in [6, 6.07) is 7.36. The zero-order valence-corrected chi connectivity index (χ0v) is 14.2. The van der Waals surface area contributed by atoms with E-state index in [4.69, 9.17) is 5.73 Å². The van der Waals surface area contributed by atoms with Gasteiger partial charge in [-0.05, 0) is 24.3 Å². The number of nitrogens with one attached hydrogen (secondary N) is 1. The van der Waals surface area contributed by atoms with Crippen LogP contribution in [-0.2, 0) is 0 Å². The second-order valence-electron chi connectivity index (χ2n) is 5.50. The maximum atomic E-state index is 11.5. The zero-order valence-electron chi connectivity index (χ0n) is 13.4. The minimum Gasteiger partial charge on any atom is -0.502 e. The fourth-order valence-corrected chi connectivity index (χ4v) is 3.58. The van der Waals surface area contributed by atoms with E-state index in [0.29, 0.717) is 32.6 Å². The number of nitrogens with two attached hydrogens (primary N) is 1. The molecule has 0 saturated heterocycles. The van der Waals surface area contributed by atoms with E-state index >= 15 is 0 Å². The molecule has 27 heavy (non-hydrogen) atoms. The van der Waals surface area contributed by atoms with Gasteiger partial charge in [-0.1, -0.05) is 0 Å². The number of carbonyl (C=O) groups is 1. The van der Waals surface area contributed by atoms with Crippen LogP contribution in [0.2, 0.25) is 0 Å². The highest BCUT2D eigenvalue weighted by molar-refractivity contribution is 7.21. The second kappa shape index (κ2) is 6.14. The molecule has 0 aliphatic carbocycles. The molecule has 2 aromatic carbocycles. The van der Waals surface area contributed by atoms with Crippen molar-refractivity contribution in [3.63, 3.8) is 0 Å². The van der Waals surface area contributed by atoms with Gasteiger partial charge in [0, 0.05) is 11.8 Å². The first kappa shape index (κ1) is 16.6. The van der Waals surface area contributed by atoms with Gasteiger partial charge in [-0.25, -0.2) is 15.0 Å². The second-order valence-corrected chi connectivity index (χ2v) is 6.50. The molecule has 4 aromatic rings. The number of thiazole rings is 1. The molecule has 1 amide bonds.